The van der Waals surface area contributed by atoms with Crippen molar-refractivity contribution in [1.29, 1.82) is 0 Å². The number of nitrogens with zero attached hydrogens (tertiary/aromatic N) is 2. The molecular formula is C16H31N3. The normalized spacial score (nSPS) is 38.4. The number of nitrogens with two attached hydrogens (primary N) is 1. The van der Waals surface area contributed by atoms with E-state index in [0.29, 0.717) is 5.54 Å². The van der Waals surface area contributed by atoms with Gasteiger partial charge in [0.2, 0.25) is 0 Å². The highest BCUT2D eigenvalue weighted by molar-refractivity contribution is 5.08. The van der Waals surface area contributed by atoms with E-state index >= 15 is 0 Å². The predicted octanol–water partition coefficient (Wildman–Crippen LogP) is 1.92. The minimum Gasteiger partial charge on any atom is -0.329 e. The van der Waals surface area contributed by atoms with E-state index in [4.69, 9.17) is 5.73 Å². The summed E-state index contributed by atoms with van der Waals surface area (Å²) in [7, 11) is 0. The van der Waals surface area contributed by atoms with Crippen LogP contribution in [-0.2, 0) is 0 Å². The van der Waals surface area contributed by atoms with Gasteiger partial charge >= 0.3 is 0 Å². The topological polar surface area (TPSA) is 32.5 Å². The van der Waals surface area contributed by atoms with Gasteiger partial charge in [-0.2, -0.15) is 0 Å². The Morgan fingerprint density at radius 3 is 2.68 bits per heavy atom. The van der Waals surface area contributed by atoms with Crippen molar-refractivity contribution < 1.29 is 0 Å². The molecule has 1 saturated carbocycles. The predicted molar refractivity (Wildman–Crippen MR) is 80.1 cm³/mol. The van der Waals surface area contributed by atoms with Crippen molar-refractivity contribution in [2.45, 2.75) is 57.5 Å². The zero-order valence-electron chi connectivity index (χ0n) is 12.8. The maximum absolute atomic E-state index is 6.34. The Bertz CT molecular complexity index is 313. The van der Waals surface area contributed by atoms with Gasteiger partial charge in [-0.1, -0.05) is 13.8 Å². The maximum atomic E-state index is 6.34. The molecule has 3 unspecified atom stereocenters. The highest BCUT2D eigenvalue weighted by atomic mass is 15.3. The number of hydrogen-bond acceptors (Lipinski definition) is 3. The van der Waals surface area contributed by atoms with E-state index in [-0.39, 0.29) is 0 Å². The summed E-state index contributed by atoms with van der Waals surface area (Å²) in [5, 5.41) is 0. The highest BCUT2D eigenvalue weighted by Gasteiger charge is 2.52. The molecule has 3 atom stereocenters. The molecule has 3 nitrogen and oxygen atoms in total. The zero-order valence-corrected chi connectivity index (χ0v) is 12.8. The Hall–Kier alpha value is -0.120. The third-order valence-electron chi connectivity index (χ3n) is 5.75. The number of hydrogen-bond donors (Lipinski definition) is 1. The Morgan fingerprint density at radius 2 is 2.05 bits per heavy atom. The summed E-state index contributed by atoms with van der Waals surface area (Å²) >= 11 is 0. The van der Waals surface area contributed by atoms with Gasteiger partial charge < -0.3 is 10.6 Å². The van der Waals surface area contributed by atoms with E-state index in [1.54, 1.807) is 0 Å². The first kappa shape index (κ1) is 13.8. The molecule has 0 aromatic rings. The molecule has 0 aromatic carbocycles. The lowest BCUT2D eigenvalue weighted by Gasteiger charge is -2.51. The van der Waals surface area contributed by atoms with Crippen LogP contribution in [0.25, 0.3) is 0 Å². The minimum atomic E-state index is 0.336. The van der Waals surface area contributed by atoms with Crippen LogP contribution in [0, 0.1) is 11.8 Å². The van der Waals surface area contributed by atoms with Crippen molar-refractivity contribution in [3.05, 3.63) is 0 Å². The summed E-state index contributed by atoms with van der Waals surface area (Å²) in [4.78, 5) is 5.51. The molecular weight excluding hydrogens is 234 g/mol. The molecule has 19 heavy (non-hydrogen) atoms. The van der Waals surface area contributed by atoms with Crippen LogP contribution < -0.4 is 5.73 Å². The zero-order chi connectivity index (χ0) is 13.5. The molecule has 2 bridgehead atoms. The van der Waals surface area contributed by atoms with Gasteiger partial charge in [-0.05, 0) is 63.6 Å². The fourth-order valence-corrected chi connectivity index (χ4v) is 4.35. The second-order valence-electron chi connectivity index (χ2n) is 7.45. The summed E-state index contributed by atoms with van der Waals surface area (Å²) in [6, 6.07) is 0.856. The van der Waals surface area contributed by atoms with E-state index in [0.717, 1.165) is 24.4 Å². The fourth-order valence-electron chi connectivity index (χ4n) is 4.35. The average Bonchev–Trinajstić information content (AvgIpc) is 3.15. The smallest absolute Gasteiger partial charge is 0.0387 e. The molecule has 3 rings (SSSR count). The van der Waals surface area contributed by atoms with Crippen molar-refractivity contribution in [2.24, 2.45) is 17.6 Å². The first-order valence-corrected chi connectivity index (χ1v) is 8.35. The van der Waals surface area contributed by atoms with E-state index in [9.17, 15) is 0 Å². The van der Waals surface area contributed by atoms with Crippen LogP contribution in [0.2, 0.25) is 0 Å². The van der Waals surface area contributed by atoms with Crippen LogP contribution in [0.15, 0.2) is 0 Å². The molecule has 0 amide bonds. The van der Waals surface area contributed by atoms with E-state index < -0.39 is 0 Å². The van der Waals surface area contributed by atoms with Gasteiger partial charge in [0.15, 0.2) is 0 Å². The fraction of sp³-hybridized carbons (Fsp3) is 1.00. The van der Waals surface area contributed by atoms with Crippen LogP contribution in [0.3, 0.4) is 0 Å². The van der Waals surface area contributed by atoms with E-state index in [1.165, 1.54) is 58.3 Å². The third kappa shape index (κ3) is 2.57. The lowest BCUT2D eigenvalue weighted by molar-refractivity contribution is -0.00143. The average molecular weight is 265 g/mol. The van der Waals surface area contributed by atoms with Gasteiger partial charge in [0.25, 0.3) is 0 Å². The SMILES string of the molecule is CC(C)CCN(C1CC1)C1(CN)CCN2CCC1C2. The first-order valence-electron chi connectivity index (χ1n) is 8.35. The Balaban J connectivity index is 1.77. The lowest BCUT2D eigenvalue weighted by atomic mass is 9.76. The summed E-state index contributed by atoms with van der Waals surface area (Å²) < 4.78 is 0. The molecule has 110 valence electrons. The molecule has 3 heteroatoms. The molecule has 1 aliphatic carbocycles. The van der Waals surface area contributed by atoms with Crippen LogP contribution in [0.5, 0.6) is 0 Å². The van der Waals surface area contributed by atoms with Gasteiger partial charge in [0, 0.05) is 24.7 Å². The molecule has 0 aromatic heterocycles. The second kappa shape index (κ2) is 5.34. The van der Waals surface area contributed by atoms with E-state index in [2.05, 4.69) is 23.6 Å². The first-order chi connectivity index (χ1) is 9.15. The van der Waals surface area contributed by atoms with Crippen molar-refractivity contribution >= 4 is 0 Å². The Morgan fingerprint density at radius 1 is 1.26 bits per heavy atom. The monoisotopic (exact) mass is 265 g/mol. The molecule has 3 fully saturated rings. The molecule has 0 radical (unpaired) electrons. The quantitative estimate of drug-likeness (QED) is 0.796. The number of rotatable bonds is 6. The molecule has 2 saturated heterocycles. The van der Waals surface area contributed by atoms with Crippen molar-refractivity contribution in [3.63, 3.8) is 0 Å². The third-order valence-corrected chi connectivity index (χ3v) is 5.75. The van der Waals surface area contributed by atoms with Gasteiger partial charge in [0.05, 0.1) is 0 Å². The van der Waals surface area contributed by atoms with Gasteiger partial charge in [0.1, 0.15) is 0 Å². The summed E-state index contributed by atoms with van der Waals surface area (Å²) in [6.07, 6.45) is 6.84. The van der Waals surface area contributed by atoms with Gasteiger partial charge in [-0.15, -0.1) is 0 Å². The van der Waals surface area contributed by atoms with E-state index in [1.807, 2.05) is 0 Å². The highest BCUT2D eigenvalue weighted by Crippen LogP contribution is 2.44. The molecule has 0 spiro atoms. The van der Waals surface area contributed by atoms with Gasteiger partial charge in [-0.25, -0.2) is 0 Å². The standard InChI is InChI=1S/C16H31N3/c1-13(2)5-9-19(15-3-4-15)16(12-17)7-10-18-8-6-14(16)11-18/h13-15H,3-12,17H2,1-2H3. The van der Waals surface area contributed by atoms with Gasteiger partial charge in [-0.3, -0.25) is 4.90 Å². The maximum Gasteiger partial charge on any atom is 0.0387 e. The Labute approximate surface area is 118 Å². The summed E-state index contributed by atoms with van der Waals surface area (Å²) in [5.74, 6) is 1.64. The largest absolute Gasteiger partial charge is 0.329 e. The van der Waals surface area contributed by atoms with Crippen molar-refractivity contribution in [3.8, 4) is 0 Å². The van der Waals surface area contributed by atoms with Crippen molar-refractivity contribution in [1.82, 2.24) is 9.80 Å². The lowest BCUT2D eigenvalue weighted by Crippen LogP contribution is -2.63. The number of fused-ring (bicyclic) bond motifs is 2. The summed E-state index contributed by atoms with van der Waals surface area (Å²) in [6.45, 7) is 10.7. The molecule has 2 aliphatic heterocycles. The van der Waals surface area contributed by atoms with Crippen molar-refractivity contribution in [2.75, 3.05) is 32.7 Å². The molecule has 2 N–H and O–H groups in total. The van der Waals surface area contributed by atoms with Crippen LogP contribution in [0.4, 0.5) is 0 Å². The Kier molecular flexibility index (Phi) is 3.89. The molecule has 3 aliphatic rings. The van der Waals surface area contributed by atoms with Crippen LogP contribution in [-0.4, -0.2) is 54.1 Å². The minimum absolute atomic E-state index is 0.336. The summed E-state index contributed by atoms with van der Waals surface area (Å²) in [5.41, 5.74) is 6.67. The van der Waals surface area contributed by atoms with Crippen LogP contribution >= 0.6 is 0 Å². The second-order valence-corrected chi connectivity index (χ2v) is 7.45. The number of piperidine rings is 1. The van der Waals surface area contributed by atoms with Crippen LogP contribution in [0.1, 0.15) is 46.0 Å². The molecule has 2 heterocycles.